The number of hydrogen-bond acceptors (Lipinski definition) is 4. The Kier molecular flexibility index (Phi) is 4.39. The molecule has 1 aromatic heterocycles. The van der Waals surface area contributed by atoms with Crippen LogP contribution in [-0.2, 0) is 9.59 Å². The summed E-state index contributed by atoms with van der Waals surface area (Å²) in [5.74, 6) is -1.72. The van der Waals surface area contributed by atoms with Crippen LogP contribution in [0.15, 0.2) is 17.5 Å². The van der Waals surface area contributed by atoms with Crippen molar-refractivity contribution in [3.63, 3.8) is 0 Å². The Hall–Kier alpha value is -1.89. The topological polar surface area (TPSA) is 86.7 Å². The summed E-state index contributed by atoms with van der Waals surface area (Å²) >= 11 is 1.32. The molecule has 0 spiro atoms. The van der Waals surface area contributed by atoms with Gasteiger partial charge in [-0.1, -0.05) is 13.0 Å². The molecule has 1 aliphatic heterocycles. The Balaban J connectivity index is 1.72. The zero-order valence-corrected chi connectivity index (χ0v) is 11.9. The Morgan fingerprint density at radius 2 is 2.20 bits per heavy atom. The van der Waals surface area contributed by atoms with Crippen LogP contribution in [0.5, 0.6) is 0 Å². The summed E-state index contributed by atoms with van der Waals surface area (Å²) in [5, 5.41) is 13.2. The number of carboxylic acid groups (broad SMARTS) is 1. The molecule has 0 bridgehead atoms. The van der Waals surface area contributed by atoms with Crippen LogP contribution in [-0.4, -0.2) is 47.4 Å². The van der Waals surface area contributed by atoms with E-state index in [-0.39, 0.29) is 24.3 Å². The van der Waals surface area contributed by atoms with Gasteiger partial charge < -0.3 is 15.3 Å². The first kappa shape index (κ1) is 14.5. The smallest absolute Gasteiger partial charge is 0.306 e. The molecule has 2 amide bonds. The van der Waals surface area contributed by atoms with E-state index in [0.29, 0.717) is 18.0 Å². The summed E-state index contributed by atoms with van der Waals surface area (Å²) < 4.78 is 0. The van der Waals surface area contributed by atoms with Crippen molar-refractivity contribution in [2.75, 3.05) is 19.6 Å². The van der Waals surface area contributed by atoms with E-state index in [1.54, 1.807) is 29.3 Å². The van der Waals surface area contributed by atoms with Gasteiger partial charge in [0.1, 0.15) is 0 Å². The van der Waals surface area contributed by atoms with Gasteiger partial charge in [0, 0.05) is 19.0 Å². The summed E-state index contributed by atoms with van der Waals surface area (Å²) in [6.07, 6.45) is 0. The van der Waals surface area contributed by atoms with Crippen molar-refractivity contribution in [3.05, 3.63) is 22.4 Å². The fourth-order valence-electron chi connectivity index (χ4n) is 2.00. The molecule has 0 aliphatic carbocycles. The molecule has 1 aromatic rings. The molecule has 2 rings (SSSR count). The number of carboxylic acids is 1. The van der Waals surface area contributed by atoms with Gasteiger partial charge in [0.05, 0.1) is 17.3 Å². The van der Waals surface area contributed by atoms with E-state index in [2.05, 4.69) is 5.32 Å². The lowest BCUT2D eigenvalue weighted by atomic mass is 9.87. The van der Waals surface area contributed by atoms with Crippen LogP contribution >= 0.6 is 11.3 Å². The standard InChI is InChI=1S/C13H16N2O4S/c1-8(13(18)19)9-6-15(7-9)11(16)5-14-12(17)10-3-2-4-20-10/h2-4,8-9H,5-7H2,1H3,(H,14,17)(H,18,19). The number of rotatable bonds is 5. The number of nitrogens with zero attached hydrogens (tertiary/aromatic N) is 1. The summed E-state index contributed by atoms with van der Waals surface area (Å²) in [4.78, 5) is 36.4. The van der Waals surface area contributed by atoms with Crippen LogP contribution in [0.4, 0.5) is 0 Å². The van der Waals surface area contributed by atoms with Gasteiger partial charge in [-0.25, -0.2) is 0 Å². The molecule has 1 unspecified atom stereocenters. The maximum absolute atomic E-state index is 11.8. The van der Waals surface area contributed by atoms with Crippen LogP contribution in [0.25, 0.3) is 0 Å². The Morgan fingerprint density at radius 1 is 1.50 bits per heavy atom. The average Bonchev–Trinajstić information content (AvgIpc) is 2.87. The van der Waals surface area contributed by atoms with Gasteiger partial charge in [-0.05, 0) is 11.4 Å². The third kappa shape index (κ3) is 3.16. The minimum Gasteiger partial charge on any atom is -0.481 e. The third-order valence-corrected chi connectivity index (χ3v) is 4.37. The molecule has 0 aromatic carbocycles. The van der Waals surface area contributed by atoms with Crippen molar-refractivity contribution in [1.29, 1.82) is 0 Å². The average molecular weight is 296 g/mol. The Morgan fingerprint density at radius 3 is 2.75 bits per heavy atom. The number of carbonyl (C=O) groups is 3. The second kappa shape index (κ2) is 6.04. The van der Waals surface area contributed by atoms with Crippen LogP contribution in [0.3, 0.4) is 0 Å². The predicted octanol–water partition coefficient (Wildman–Crippen LogP) is 0.657. The monoisotopic (exact) mass is 296 g/mol. The molecule has 1 fully saturated rings. The zero-order chi connectivity index (χ0) is 14.7. The number of thiophene rings is 1. The van der Waals surface area contributed by atoms with Gasteiger partial charge in [0.2, 0.25) is 5.91 Å². The second-order valence-electron chi connectivity index (χ2n) is 4.85. The number of likely N-dealkylation sites (tertiary alicyclic amines) is 1. The molecular formula is C13H16N2O4S. The van der Waals surface area contributed by atoms with E-state index in [9.17, 15) is 14.4 Å². The lowest BCUT2D eigenvalue weighted by Gasteiger charge is -2.41. The quantitative estimate of drug-likeness (QED) is 0.835. The number of aliphatic carboxylic acids is 1. The van der Waals surface area contributed by atoms with E-state index in [1.807, 2.05) is 0 Å². The molecule has 108 valence electrons. The van der Waals surface area contributed by atoms with Gasteiger partial charge in [-0.2, -0.15) is 0 Å². The van der Waals surface area contributed by atoms with Crippen LogP contribution in [0.1, 0.15) is 16.6 Å². The molecule has 1 saturated heterocycles. The number of hydrogen-bond donors (Lipinski definition) is 2. The Bertz CT molecular complexity index is 508. The van der Waals surface area contributed by atoms with E-state index in [0.717, 1.165) is 0 Å². The van der Waals surface area contributed by atoms with Gasteiger partial charge in [-0.15, -0.1) is 11.3 Å². The molecule has 2 N–H and O–H groups in total. The molecule has 1 atom stereocenters. The highest BCUT2D eigenvalue weighted by Gasteiger charge is 2.36. The molecule has 2 heterocycles. The van der Waals surface area contributed by atoms with E-state index >= 15 is 0 Å². The summed E-state index contributed by atoms with van der Waals surface area (Å²) in [6, 6.07) is 3.47. The zero-order valence-electron chi connectivity index (χ0n) is 11.0. The van der Waals surface area contributed by atoms with E-state index in [4.69, 9.17) is 5.11 Å². The van der Waals surface area contributed by atoms with Crippen molar-refractivity contribution < 1.29 is 19.5 Å². The fourth-order valence-corrected chi connectivity index (χ4v) is 2.64. The van der Waals surface area contributed by atoms with E-state index in [1.165, 1.54) is 11.3 Å². The number of nitrogens with one attached hydrogen (secondary N) is 1. The summed E-state index contributed by atoms with van der Waals surface area (Å²) in [6.45, 7) is 2.49. The molecule has 1 aliphatic rings. The van der Waals surface area contributed by atoms with Crippen molar-refractivity contribution >= 4 is 29.1 Å². The first-order valence-electron chi connectivity index (χ1n) is 6.31. The second-order valence-corrected chi connectivity index (χ2v) is 5.79. The summed E-state index contributed by atoms with van der Waals surface area (Å²) in [5.41, 5.74) is 0. The fraction of sp³-hybridized carbons (Fsp3) is 0.462. The van der Waals surface area contributed by atoms with Crippen molar-refractivity contribution in [2.45, 2.75) is 6.92 Å². The van der Waals surface area contributed by atoms with Crippen molar-refractivity contribution in [2.24, 2.45) is 11.8 Å². The summed E-state index contributed by atoms with van der Waals surface area (Å²) in [7, 11) is 0. The molecule has 20 heavy (non-hydrogen) atoms. The first-order valence-corrected chi connectivity index (χ1v) is 7.19. The maximum atomic E-state index is 11.8. The van der Waals surface area contributed by atoms with Crippen molar-refractivity contribution in [3.8, 4) is 0 Å². The van der Waals surface area contributed by atoms with Crippen LogP contribution in [0, 0.1) is 11.8 Å². The lowest BCUT2D eigenvalue weighted by Crippen LogP contribution is -2.55. The van der Waals surface area contributed by atoms with Gasteiger partial charge in [-0.3, -0.25) is 14.4 Å². The third-order valence-electron chi connectivity index (χ3n) is 3.50. The lowest BCUT2D eigenvalue weighted by molar-refractivity contribution is -0.150. The molecular weight excluding hydrogens is 280 g/mol. The highest BCUT2D eigenvalue weighted by Crippen LogP contribution is 2.23. The number of amides is 2. The molecule has 7 heteroatoms. The SMILES string of the molecule is CC(C(=O)O)C1CN(C(=O)CNC(=O)c2cccs2)C1. The molecule has 0 radical (unpaired) electrons. The van der Waals surface area contributed by atoms with Crippen LogP contribution in [0.2, 0.25) is 0 Å². The van der Waals surface area contributed by atoms with Crippen LogP contribution < -0.4 is 5.32 Å². The molecule has 0 saturated carbocycles. The minimum atomic E-state index is -0.840. The maximum Gasteiger partial charge on any atom is 0.306 e. The number of carbonyl (C=O) groups excluding carboxylic acids is 2. The highest BCUT2D eigenvalue weighted by atomic mass is 32.1. The normalized spacial score (nSPS) is 16.4. The predicted molar refractivity (Wildman–Crippen MR) is 73.5 cm³/mol. The largest absolute Gasteiger partial charge is 0.481 e. The van der Waals surface area contributed by atoms with Gasteiger partial charge in [0.15, 0.2) is 0 Å². The molecule has 6 nitrogen and oxygen atoms in total. The Labute approximate surface area is 120 Å². The van der Waals surface area contributed by atoms with E-state index < -0.39 is 11.9 Å². The van der Waals surface area contributed by atoms with Gasteiger partial charge in [0.25, 0.3) is 5.91 Å². The van der Waals surface area contributed by atoms with Gasteiger partial charge >= 0.3 is 5.97 Å². The first-order chi connectivity index (χ1) is 9.49. The minimum absolute atomic E-state index is 0.00412. The highest BCUT2D eigenvalue weighted by molar-refractivity contribution is 7.12. The van der Waals surface area contributed by atoms with Crippen molar-refractivity contribution in [1.82, 2.24) is 10.2 Å².